The highest BCUT2D eigenvalue weighted by molar-refractivity contribution is 5.90. The Hall–Kier alpha value is -3.74. The van der Waals surface area contributed by atoms with Crippen molar-refractivity contribution in [2.24, 2.45) is 0 Å². The Morgan fingerprint density at radius 3 is 2.46 bits per heavy atom. The number of hydrogen-bond donors (Lipinski definition) is 0. The number of rotatable bonds is 6. The predicted molar refractivity (Wildman–Crippen MR) is 101 cm³/mol. The van der Waals surface area contributed by atoms with E-state index in [4.69, 9.17) is 9.26 Å². The second-order valence-electron chi connectivity index (χ2n) is 5.94. The summed E-state index contributed by atoms with van der Waals surface area (Å²) in [6.45, 7) is 1.89. The molecule has 0 atom stereocenters. The van der Waals surface area contributed by atoms with E-state index in [-0.39, 0.29) is 12.4 Å². The lowest BCUT2D eigenvalue weighted by atomic mass is 10.1. The van der Waals surface area contributed by atoms with Crippen LogP contribution < -0.4 is 0 Å². The fourth-order valence-corrected chi connectivity index (χ4v) is 2.32. The van der Waals surface area contributed by atoms with E-state index in [0.29, 0.717) is 11.5 Å². The Morgan fingerprint density at radius 2 is 1.79 bits per heavy atom. The third-order valence-electron chi connectivity index (χ3n) is 3.85. The smallest absolute Gasteiger partial charge is 0.337 e. The van der Waals surface area contributed by atoms with E-state index in [1.54, 1.807) is 30.3 Å². The summed E-state index contributed by atoms with van der Waals surface area (Å²) in [5.74, 6) is -0.314. The number of ether oxygens (including phenoxy) is 2. The number of esters is 2. The lowest BCUT2D eigenvalue weighted by molar-refractivity contribution is -0.139. The Bertz CT molecular complexity index is 988. The first-order valence-electron chi connectivity index (χ1n) is 8.48. The molecular weight excluding hydrogens is 360 g/mol. The SMILES string of the molecule is COC(=O)c1ccc(/C=C/C(=O)OCc2noc(-c3ccc(C)cc3)n2)cc1. The second-order valence-corrected chi connectivity index (χ2v) is 5.94. The van der Waals surface area contributed by atoms with Crippen LogP contribution in [0.25, 0.3) is 17.5 Å². The van der Waals surface area contributed by atoms with Crippen LogP contribution in [0.2, 0.25) is 0 Å². The summed E-state index contributed by atoms with van der Waals surface area (Å²) in [5.41, 5.74) is 3.10. The minimum atomic E-state index is -0.543. The summed E-state index contributed by atoms with van der Waals surface area (Å²) >= 11 is 0. The summed E-state index contributed by atoms with van der Waals surface area (Å²) in [7, 11) is 1.32. The average molecular weight is 378 g/mol. The summed E-state index contributed by atoms with van der Waals surface area (Å²) in [5, 5.41) is 3.81. The fraction of sp³-hybridized carbons (Fsp3) is 0.143. The van der Waals surface area contributed by atoms with Crippen LogP contribution in [0.1, 0.15) is 27.3 Å². The van der Waals surface area contributed by atoms with E-state index in [2.05, 4.69) is 14.9 Å². The van der Waals surface area contributed by atoms with Gasteiger partial charge in [0.2, 0.25) is 5.82 Å². The van der Waals surface area contributed by atoms with Crippen molar-refractivity contribution >= 4 is 18.0 Å². The van der Waals surface area contributed by atoms with Gasteiger partial charge in [0.25, 0.3) is 5.89 Å². The van der Waals surface area contributed by atoms with Crippen molar-refractivity contribution in [1.29, 1.82) is 0 Å². The molecular formula is C21H18N2O5. The fourth-order valence-electron chi connectivity index (χ4n) is 2.32. The van der Waals surface area contributed by atoms with Crippen LogP contribution >= 0.6 is 0 Å². The number of nitrogens with zero attached hydrogens (tertiary/aromatic N) is 2. The summed E-state index contributed by atoms with van der Waals surface area (Å²) < 4.78 is 14.9. The molecule has 142 valence electrons. The zero-order valence-corrected chi connectivity index (χ0v) is 15.4. The van der Waals surface area contributed by atoms with E-state index < -0.39 is 11.9 Å². The number of carbonyl (C=O) groups is 2. The maximum absolute atomic E-state index is 11.9. The van der Waals surface area contributed by atoms with Crippen LogP contribution in [-0.2, 0) is 20.9 Å². The molecule has 3 rings (SSSR count). The zero-order valence-electron chi connectivity index (χ0n) is 15.4. The molecule has 0 unspecified atom stereocenters. The maximum atomic E-state index is 11.9. The van der Waals surface area contributed by atoms with Crippen molar-refractivity contribution in [3.8, 4) is 11.5 Å². The van der Waals surface area contributed by atoms with E-state index in [9.17, 15) is 9.59 Å². The molecule has 1 heterocycles. The monoisotopic (exact) mass is 378 g/mol. The summed E-state index contributed by atoms with van der Waals surface area (Å²) in [4.78, 5) is 27.5. The number of carbonyl (C=O) groups excluding carboxylic acids is 2. The summed E-state index contributed by atoms with van der Waals surface area (Å²) in [6, 6.07) is 14.3. The van der Waals surface area contributed by atoms with Crippen LogP contribution in [0.5, 0.6) is 0 Å². The molecule has 0 aliphatic carbocycles. The van der Waals surface area contributed by atoms with Crippen LogP contribution in [0.4, 0.5) is 0 Å². The first kappa shape index (κ1) is 19.0. The molecule has 0 radical (unpaired) electrons. The first-order chi connectivity index (χ1) is 13.5. The second kappa shape index (κ2) is 8.77. The molecule has 0 fully saturated rings. The molecule has 0 N–H and O–H groups in total. The Labute approximate surface area is 161 Å². The molecule has 0 spiro atoms. The normalized spacial score (nSPS) is 10.8. The number of aryl methyl sites for hydroxylation is 1. The number of aromatic nitrogens is 2. The van der Waals surface area contributed by atoms with Crippen LogP contribution in [0.3, 0.4) is 0 Å². The lowest BCUT2D eigenvalue weighted by Gasteiger charge is -1.99. The molecule has 3 aromatic rings. The van der Waals surface area contributed by atoms with Gasteiger partial charge in [0.15, 0.2) is 6.61 Å². The Balaban J connectivity index is 1.53. The van der Waals surface area contributed by atoms with Crippen LogP contribution in [-0.4, -0.2) is 29.2 Å². The van der Waals surface area contributed by atoms with Gasteiger partial charge in [0.1, 0.15) is 0 Å². The van der Waals surface area contributed by atoms with Crippen molar-refractivity contribution < 1.29 is 23.6 Å². The molecule has 0 saturated heterocycles. The molecule has 7 nitrogen and oxygen atoms in total. The molecule has 7 heteroatoms. The van der Waals surface area contributed by atoms with Crippen molar-refractivity contribution in [2.45, 2.75) is 13.5 Å². The predicted octanol–water partition coefficient (Wildman–Crippen LogP) is 3.59. The minimum Gasteiger partial charge on any atom is -0.465 e. The molecule has 28 heavy (non-hydrogen) atoms. The third-order valence-corrected chi connectivity index (χ3v) is 3.85. The van der Waals surface area contributed by atoms with Gasteiger partial charge in [-0.25, -0.2) is 9.59 Å². The maximum Gasteiger partial charge on any atom is 0.337 e. The van der Waals surface area contributed by atoms with Gasteiger partial charge in [0, 0.05) is 11.6 Å². The van der Waals surface area contributed by atoms with E-state index >= 15 is 0 Å². The highest BCUT2D eigenvalue weighted by Gasteiger charge is 2.10. The zero-order chi connectivity index (χ0) is 19.9. The van der Waals surface area contributed by atoms with Gasteiger partial charge in [-0.1, -0.05) is 35.0 Å². The van der Waals surface area contributed by atoms with Crippen molar-refractivity contribution in [2.75, 3.05) is 7.11 Å². The molecule has 0 aliphatic heterocycles. The van der Waals surface area contributed by atoms with Gasteiger partial charge in [-0.2, -0.15) is 4.98 Å². The largest absolute Gasteiger partial charge is 0.465 e. The van der Waals surface area contributed by atoms with Crippen molar-refractivity contribution in [1.82, 2.24) is 10.1 Å². The number of benzene rings is 2. The van der Waals surface area contributed by atoms with Gasteiger partial charge >= 0.3 is 11.9 Å². The lowest BCUT2D eigenvalue weighted by Crippen LogP contribution is -2.02. The van der Waals surface area contributed by atoms with Gasteiger partial charge in [0.05, 0.1) is 12.7 Å². The number of hydrogen-bond acceptors (Lipinski definition) is 7. The number of methoxy groups -OCH3 is 1. The molecule has 1 aromatic heterocycles. The quantitative estimate of drug-likeness (QED) is 0.478. The van der Waals surface area contributed by atoms with Gasteiger partial charge in [-0.15, -0.1) is 0 Å². The van der Waals surface area contributed by atoms with E-state index in [1.807, 2.05) is 31.2 Å². The van der Waals surface area contributed by atoms with E-state index in [1.165, 1.54) is 13.2 Å². The van der Waals surface area contributed by atoms with E-state index in [0.717, 1.165) is 16.7 Å². The summed E-state index contributed by atoms with van der Waals surface area (Å²) in [6.07, 6.45) is 2.87. The molecule has 0 bridgehead atoms. The standard InChI is InChI=1S/C21H18N2O5/c1-14-3-8-16(9-4-14)20-22-18(23-28-20)13-27-19(24)12-7-15-5-10-17(11-6-15)21(25)26-2/h3-12H,13H2,1-2H3/b12-7+. The Morgan fingerprint density at radius 1 is 1.07 bits per heavy atom. The minimum absolute atomic E-state index is 0.0974. The molecule has 0 saturated carbocycles. The Kier molecular flexibility index (Phi) is 5.96. The van der Waals surface area contributed by atoms with Crippen LogP contribution in [0.15, 0.2) is 59.1 Å². The molecule has 2 aromatic carbocycles. The average Bonchev–Trinajstić information content (AvgIpc) is 3.20. The highest BCUT2D eigenvalue weighted by Crippen LogP contribution is 2.17. The highest BCUT2D eigenvalue weighted by atomic mass is 16.5. The topological polar surface area (TPSA) is 91.5 Å². The van der Waals surface area contributed by atoms with Crippen molar-refractivity contribution in [3.63, 3.8) is 0 Å². The van der Waals surface area contributed by atoms with Gasteiger partial charge in [-0.05, 0) is 42.8 Å². The van der Waals surface area contributed by atoms with Gasteiger partial charge in [-0.3, -0.25) is 0 Å². The molecule has 0 aliphatic rings. The molecule has 0 amide bonds. The van der Waals surface area contributed by atoms with Gasteiger partial charge < -0.3 is 14.0 Å². The van der Waals surface area contributed by atoms with Crippen molar-refractivity contribution in [3.05, 3.63) is 77.1 Å². The van der Waals surface area contributed by atoms with Crippen LogP contribution in [0, 0.1) is 6.92 Å². The third kappa shape index (κ3) is 4.91. The first-order valence-corrected chi connectivity index (χ1v) is 8.48.